The van der Waals surface area contributed by atoms with Gasteiger partial charge in [0.05, 0.1) is 3.79 Å². The third-order valence-corrected chi connectivity index (χ3v) is 7.13. The van der Waals surface area contributed by atoms with E-state index in [1.165, 1.54) is 30.6 Å². The summed E-state index contributed by atoms with van der Waals surface area (Å²) in [5.41, 5.74) is 0. The van der Waals surface area contributed by atoms with E-state index in [9.17, 15) is 8.42 Å². The predicted octanol–water partition coefficient (Wildman–Crippen LogP) is 2.70. The van der Waals surface area contributed by atoms with Crippen molar-refractivity contribution in [1.29, 1.82) is 0 Å². The highest BCUT2D eigenvalue weighted by molar-refractivity contribution is 9.11. The molecule has 1 aliphatic rings. The van der Waals surface area contributed by atoms with Crippen LogP contribution in [0.25, 0.3) is 0 Å². The second kappa shape index (κ2) is 6.67. The first-order valence-electron chi connectivity index (χ1n) is 6.45. The molecule has 0 aliphatic heterocycles. The molecule has 0 bridgehead atoms. The first-order chi connectivity index (χ1) is 9.03. The van der Waals surface area contributed by atoms with Gasteiger partial charge in [0.1, 0.15) is 4.90 Å². The Bertz CT molecular complexity index is 524. The Morgan fingerprint density at radius 3 is 2.79 bits per heavy atom. The van der Waals surface area contributed by atoms with Crippen molar-refractivity contribution in [2.24, 2.45) is 5.92 Å². The molecule has 19 heavy (non-hydrogen) atoms. The van der Waals surface area contributed by atoms with E-state index < -0.39 is 10.0 Å². The van der Waals surface area contributed by atoms with Gasteiger partial charge in [-0.1, -0.05) is 19.3 Å². The molecule has 108 valence electrons. The molecule has 0 atom stereocenters. The molecule has 0 radical (unpaired) electrons. The third kappa shape index (κ3) is 4.01. The second-order valence-corrected chi connectivity index (χ2v) is 9.05. The molecule has 0 saturated heterocycles. The van der Waals surface area contributed by atoms with E-state index in [0.29, 0.717) is 27.7 Å². The standard InChI is InChI=1S/C12H19BrN2O2S2/c1-14-8-10-7-11(12(13)18-10)19(16,17)15-6-5-9-3-2-4-9/h7,9,14-15H,2-6,8H2,1H3. The lowest BCUT2D eigenvalue weighted by atomic mass is 9.83. The smallest absolute Gasteiger partial charge is 0.242 e. The SMILES string of the molecule is CNCc1cc(S(=O)(=O)NCCC2CCC2)c(Br)s1. The van der Waals surface area contributed by atoms with Gasteiger partial charge in [-0.3, -0.25) is 0 Å². The molecule has 1 aliphatic carbocycles. The van der Waals surface area contributed by atoms with E-state index in [4.69, 9.17) is 0 Å². The van der Waals surface area contributed by atoms with Crippen molar-refractivity contribution in [2.45, 2.75) is 37.1 Å². The molecule has 1 saturated carbocycles. The van der Waals surface area contributed by atoms with Crippen LogP contribution in [0.5, 0.6) is 0 Å². The average Bonchev–Trinajstić information content (AvgIpc) is 2.65. The fourth-order valence-corrected chi connectivity index (χ4v) is 5.84. The monoisotopic (exact) mass is 366 g/mol. The lowest BCUT2D eigenvalue weighted by Crippen LogP contribution is -2.27. The van der Waals surface area contributed by atoms with Crippen LogP contribution >= 0.6 is 27.3 Å². The molecule has 1 heterocycles. The van der Waals surface area contributed by atoms with Gasteiger partial charge in [-0.15, -0.1) is 11.3 Å². The predicted molar refractivity (Wildman–Crippen MR) is 81.9 cm³/mol. The molecule has 0 amide bonds. The van der Waals surface area contributed by atoms with Gasteiger partial charge in [-0.2, -0.15) is 0 Å². The van der Waals surface area contributed by atoms with Crippen LogP contribution in [-0.4, -0.2) is 22.0 Å². The van der Waals surface area contributed by atoms with Gasteiger partial charge in [0, 0.05) is 18.0 Å². The lowest BCUT2D eigenvalue weighted by Gasteiger charge is -2.25. The van der Waals surface area contributed by atoms with Crippen LogP contribution in [0, 0.1) is 5.92 Å². The normalized spacial score (nSPS) is 16.5. The highest BCUT2D eigenvalue weighted by atomic mass is 79.9. The van der Waals surface area contributed by atoms with Crippen LogP contribution in [0.2, 0.25) is 0 Å². The van der Waals surface area contributed by atoms with Gasteiger partial charge in [0.2, 0.25) is 10.0 Å². The maximum atomic E-state index is 12.2. The molecule has 0 aromatic carbocycles. The Morgan fingerprint density at radius 2 is 2.21 bits per heavy atom. The second-order valence-electron chi connectivity index (χ2n) is 4.86. The molecule has 4 nitrogen and oxygen atoms in total. The van der Waals surface area contributed by atoms with Gasteiger partial charge in [-0.05, 0) is 41.4 Å². The molecule has 2 rings (SSSR count). The molecule has 7 heteroatoms. The summed E-state index contributed by atoms with van der Waals surface area (Å²) < 4.78 is 27.8. The molecular formula is C12H19BrN2O2S2. The Hall–Kier alpha value is 0.0500. The summed E-state index contributed by atoms with van der Waals surface area (Å²) in [6.07, 6.45) is 4.73. The van der Waals surface area contributed by atoms with Crippen molar-refractivity contribution in [2.75, 3.05) is 13.6 Å². The lowest BCUT2D eigenvalue weighted by molar-refractivity contribution is 0.297. The van der Waals surface area contributed by atoms with Gasteiger partial charge in [-0.25, -0.2) is 13.1 Å². The summed E-state index contributed by atoms with van der Waals surface area (Å²) in [6, 6.07) is 1.73. The maximum Gasteiger partial charge on any atom is 0.242 e. The van der Waals surface area contributed by atoms with Gasteiger partial charge in [0.25, 0.3) is 0 Å². The zero-order valence-electron chi connectivity index (χ0n) is 10.9. The fraction of sp³-hybridized carbons (Fsp3) is 0.667. The summed E-state index contributed by atoms with van der Waals surface area (Å²) in [5, 5.41) is 3.02. The highest BCUT2D eigenvalue weighted by Crippen LogP contribution is 2.32. The molecule has 1 aromatic rings. The largest absolute Gasteiger partial charge is 0.315 e. The summed E-state index contributed by atoms with van der Waals surface area (Å²) in [7, 11) is -1.54. The van der Waals surface area contributed by atoms with Crippen LogP contribution in [0.3, 0.4) is 0 Å². The molecular weight excluding hydrogens is 348 g/mol. The van der Waals surface area contributed by atoms with Crippen LogP contribution in [-0.2, 0) is 16.6 Å². The average molecular weight is 367 g/mol. The third-order valence-electron chi connectivity index (χ3n) is 3.42. The zero-order valence-corrected chi connectivity index (χ0v) is 14.1. The summed E-state index contributed by atoms with van der Waals surface area (Å²) >= 11 is 4.80. The minimum absolute atomic E-state index is 0.358. The van der Waals surface area contributed by atoms with Crippen LogP contribution in [0.4, 0.5) is 0 Å². The summed E-state index contributed by atoms with van der Waals surface area (Å²) in [5.74, 6) is 0.716. The van der Waals surface area contributed by atoms with E-state index in [0.717, 1.165) is 11.3 Å². The Kier molecular flexibility index (Phi) is 5.42. The van der Waals surface area contributed by atoms with Crippen molar-refractivity contribution in [3.63, 3.8) is 0 Å². The van der Waals surface area contributed by atoms with E-state index in [-0.39, 0.29) is 0 Å². The van der Waals surface area contributed by atoms with E-state index >= 15 is 0 Å². The molecule has 0 spiro atoms. The van der Waals surface area contributed by atoms with Crippen molar-refractivity contribution in [1.82, 2.24) is 10.0 Å². The fourth-order valence-electron chi connectivity index (χ4n) is 2.10. The Labute approximate surface area is 127 Å². The minimum atomic E-state index is -3.38. The van der Waals surface area contributed by atoms with Crippen molar-refractivity contribution < 1.29 is 8.42 Å². The van der Waals surface area contributed by atoms with Gasteiger partial charge in [0.15, 0.2) is 0 Å². The number of hydrogen-bond donors (Lipinski definition) is 2. The first kappa shape index (κ1) is 15.4. The van der Waals surface area contributed by atoms with Crippen molar-refractivity contribution in [3.05, 3.63) is 14.7 Å². The minimum Gasteiger partial charge on any atom is -0.315 e. The molecule has 1 aromatic heterocycles. The number of halogens is 1. The molecule has 1 fully saturated rings. The number of rotatable bonds is 7. The van der Waals surface area contributed by atoms with Crippen LogP contribution in [0.1, 0.15) is 30.6 Å². The first-order valence-corrected chi connectivity index (χ1v) is 9.54. The van der Waals surface area contributed by atoms with Gasteiger partial charge < -0.3 is 5.32 Å². The molecule has 0 unspecified atom stereocenters. The quantitative estimate of drug-likeness (QED) is 0.779. The molecule has 2 N–H and O–H groups in total. The number of thiophene rings is 1. The van der Waals surface area contributed by atoms with Crippen molar-refractivity contribution in [3.8, 4) is 0 Å². The Balaban J connectivity index is 1.97. The number of hydrogen-bond acceptors (Lipinski definition) is 4. The van der Waals surface area contributed by atoms with Crippen molar-refractivity contribution >= 4 is 37.3 Å². The van der Waals surface area contributed by atoms with Gasteiger partial charge >= 0.3 is 0 Å². The van der Waals surface area contributed by atoms with Crippen LogP contribution in [0.15, 0.2) is 14.7 Å². The number of sulfonamides is 1. The highest BCUT2D eigenvalue weighted by Gasteiger charge is 2.22. The van der Waals surface area contributed by atoms with E-state index in [1.54, 1.807) is 6.07 Å². The topological polar surface area (TPSA) is 58.2 Å². The maximum absolute atomic E-state index is 12.2. The summed E-state index contributed by atoms with van der Waals surface area (Å²) in [6.45, 7) is 1.22. The number of nitrogens with one attached hydrogen (secondary N) is 2. The van der Waals surface area contributed by atoms with E-state index in [2.05, 4.69) is 26.0 Å². The Morgan fingerprint density at radius 1 is 1.47 bits per heavy atom. The van der Waals surface area contributed by atoms with E-state index in [1.807, 2.05) is 7.05 Å². The zero-order chi connectivity index (χ0) is 13.9. The summed E-state index contributed by atoms with van der Waals surface area (Å²) in [4.78, 5) is 1.37. The van der Waals surface area contributed by atoms with Crippen LogP contribution < -0.4 is 10.0 Å².